The van der Waals surface area contributed by atoms with Gasteiger partial charge in [-0.15, -0.1) is 11.3 Å². The van der Waals surface area contributed by atoms with E-state index in [1.165, 1.54) is 12.1 Å². The van der Waals surface area contributed by atoms with E-state index in [0.717, 1.165) is 9.88 Å². The van der Waals surface area contributed by atoms with Gasteiger partial charge in [0.1, 0.15) is 10.8 Å². The highest BCUT2D eigenvalue weighted by molar-refractivity contribution is 7.11. The van der Waals surface area contributed by atoms with E-state index < -0.39 is 0 Å². The van der Waals surface area contributed by atoms with Crippen molar-refractivity contribution in [2.24, 2.45) is 0 Å². The second kappa shape index (κ2) is 4.49. The Balaban J connectivity index is 2.04. The van der Waals surface area contributed by atoms with E-state index in [1.807, 2.05) is 13.1 Å². The van der Waals surface area contributed by atoms with Crippen molar-refractivity contribution >= 4 is 22.7 Å². The highest BCUT2D eigenvalue weighted by atomic mass is 32.1. The largest absolute Gasteiger partial charge is 0.399 e. The Morgan fingerprint density at radius 3 is 2.88 bits per heavy atom. The fourth-order valence-corrected chi connectivity index (χ4v) is 2.10. The lowest BCUT2D eigenvalue weighted by atomic mass is 10.2. The molecule has 1 aromatic heterocycles. The fourth-order valence-electron chi connectivity index (χ4n) is 1.38. The van der Waals surface area contributed by atoms with Gasteiger partial charge in [-0.3, -0.25) is 0 Å². The van der Waals surface area contributed by atoms with Crippen LogP contribution in [0.1, 0.15) is 9.88 Å². The zero-order valence-corrected chi connectivity index (χ0v) is 9.64. The quantitative estimate of drug-likeness (QED) is 0.807. The minimum absolute atomic E-state index is 0.335. The van der Waals surface area contributed by atoms with Crippen molar-refractivity contribution in [3.8, 4) is 0 Å². The SMILES string of the molecule is Cc1cnc(CNc2cc(N)cc(F)c2)s1. The van der Waals surface area contributed by atoms with Crippen LogP contribution in [0, 0.1) is 12.7 Å². The molecular weight excluding hydrogens is 225 g/mol. The van der Waals surface area contributed by atoms with Gasteiger partial charge >= 0.3 is 0 Å². The molecule has 2 rings (SSSR count). The number of hydrogen-bond acceptors (Lipinski definition) is 4. The summed E-state index contributed by atoms with van der Waals surface area (Å²) in [6, 6.07) is 4.40. The Morgan fingerprint density at radius 1 is 1.44 bits per heavy atom. The average Bonchev–Trinajstić information content (AvgIpc) is 2.60. The summed E-state index contributed by atoms with van der Waals surface area (Å²) < 4.78 is 13.0. The Bertz CT molecular complexity index is 475. The van der Waals surface area contributed by atoms with E-state index in [1.54, 1.807) is 17.4 Å². The summed E-state index contributed by atoms with van der Waals surface area (Å²) in [6.45, 7) is 2.59. The van der Waals surface area contributed by atoms with E-state index in [9.17, 15) is 4.39 Å². The predicted molar refractivity (Wildman–Crippen MR) is 65.0 cm³/mol. The number of aryl methyl sites for hydroxylation is 1. The molecule has 0 aliphatic heterocycles. The zero-order chi connectivity index (χ0) is 11.5. The normalized spacial score (nSPS) is 10.4. The summed E-state index contributed by atoms with van der Waals surface area (Å²) in [5.74, 6) is -0.335. The van der Waals surface area contributed by atoms with Crippen molar-refractivity contribution < 1.29 is 4.39 Å². The molecule has 1 aromatic carbocycles. The van der Waals surface area contributed by atoms with Gasteiger partial charge < -0.3 is 11.1 Å². The van der Waals surface area contributed by atoms with Crippen LogP contribution < -0.4 is 11.1 Å². The maximum atomic E-state index is 13.0. The van der Waals surface area contributed by atoms with Gasteiger partial charge in [0, 0.05) is 22.4 Å². The van der Waals surface area contributed by atoms with E-state index >= 15 is 0 Å². The maximum Gasteiger partial charge on any atom is 0.127 e. The molecule has 1 heterocycles. The molecule has 0 aliphatic carbocycles. The monoisotopic (exact) mass is 237 g/mol. The van der Waals surface area contributed by atoms with Crippen LogP contribution in [0.4, 0.5) is 15.8 Å². The summed E-state index contributed by atoms with van der Waals surface area (Å²) in [6.07, 6.45) is 1.82. The van der Waals surface area contributed by atoms with Gasteiger partial charge in [-0.05, 0) is 25.1 Å². The van der Waals surface area contributed by atoms with E-state index in [-0.39, 0.29) is 5.82 Å². The molecule has 0 unspecified atom stereocenters. The molecule has 0 saturated carbocycles. The molecule has 0 radical (unpaired) electrons. The number of nitrogen functional groups attached to an aromatic ring is 1. The average molecular weight is 237 g/mol. The first-order valence-electron chi connectivity index (χ1n) is 4.85. The predicted octanol–water partition coefficient (Wildman–Crippen LogP) is 2.78. The Labute approximate surface area is 97.1 Å². The molecule has 16 heavy (non-hydrogen) atoms. The summed E-state index contributed by atoms with van der Waals surface area (Å²) in [5, 5.41) is 4.06. The molecule has 0 amide bonds. The second-order valence-corrected chi connectivity index (χ2v) is 4.81. The minimum Gasteiger partial charge on any atom is -0.399 e. The number of nitrogens with zero attached hydrogens (tertiary/aromatic N) is 1. The van der Waals surface area contributed by atoms with Gasteiger partial charge in [0.05, 0.1) is 6.54 Å². The van der Waals surface area contributed by atoms with Crippen molar-refractivity contribution in [1.29, 1.82) is 0 Å². The number of nitrogens with two attached hydrogens (primary N) is 1. The maximum absolute atomic E-state index is 13.0. The van der Waals surface area contributed by atoms with Gasteiger partial charge in [0.25, 0.3) is 0 Å². The van der Waals surface area contributed by atoms with Crippen molar-refractivity contribution in [2.75, 3.05) is 11.1 Å². The van der Waals surface area contributed by atoms with E-state index in [4.69, 9.17) is 5.73 Å². The van der Waals surface area contributed by atoms with Crippen LogP contribution in [0.2, 0.25) is 0 Å². The van der Waals surface area contributed by atoms with E-state index in [2.05, 4.69) is 10.3 Å². The molecule has 3 nitrogen and oxygen atoms in total. The van der Waals surface area contributed by atoms with Crippen LogP contribution in [0.15, 0.2) is 24.4 Å². The molecule has 0 bridgehead atoms. The van der Waals surface area contributed by atoms with Crippen LogP contribution in [0.25, 0.3) is 0 Å². The first kappa shape index (κ1) is 10.9. The van der Waals surface area contributed by atoms with Crippen LogP contribution in [-0.4, -0.2) is 4.98 Å². The fraction of sp³-hybridized carbons (Fsp3) is 0.182. The summed E-state index contributed by atoms with van der Waals surface area (Å²) in [5.41, 5.74) is 6.63. The smallest absolute Gasteiger partial charge is 0.127 e. The molecule has 5 heteroatoms. The number of rotatable bonds is 3. The third-order valence-corrected chi connectivity index (χ3v) is 2.95. The number of hydrogen-bond donors (Lipinski definition) is 2. The first-order valence-corrected chi connectivity index (χ1v) is 5.66. The van der Waals surface area contributed by atoms with Crippen LogP contribution in [0.3, 0.4) is 0 Å². The topological polar surface area (TPSA) is 50.9 Å². The Morgan fingerprint density at radius 2 is 2.25 bits per heavy atom. The summed E-state index contributed by atoms with van der Waals surface area (Å²) in [4.78, 5) is 5.37. The summed E-state index contributed by atoms with van der Waals surface area (Å²) in [7, 11) is 0. The van der Waals surface area contributed by atoms with E-state index in [0.29, 0.717) is 17.9 Å². The van der Waals surface area contributed by atoms with Gasteiger partial charge in [0.15, 0.2) is 0 Å². The van der Waals surface area contributed by atoms with Gasteiger partial charge in [-0.1, -0.05) is 0 Å². The lowest BCUT2D eigenvalue weighted by Gasteiger charge is -2.05. The number of nitrogens with one attached hydrogen (secondary N) is 1. The molecule has 0 atom stereocenters. The van der Waals surface area contributed by atoms with Crippen molar-refractivity contribution in [3.05, 3.63) is 40.1 Å². The van der Waals surface area contributed by atoms with Crippen LogP contribution in [0.5, 0.6) is 0 Å². The molecule has 3 N–H and O–H groups in total. The molecule has 84 valence electrons. The molecule has 2 aromatic rings. The molecule has 0 aliphatic rings. The van der Waals surface area contributed by atoms with Gasteiger partial charge in [-0.2, -0.15) is 0 Å². The molecular formula is C11H12FN3S. The van der Waals surface area contributed by atoms with Crippen LogP contribution >= 0.6 is 11.3 Å². The van der Waals surface area contributed by atoms with Gasteiger partial charge in [0.2, 0.25) is 0 Å². The van der Waals surface area contributed by atoms with Crippen molar-refractivity contribution in [1.82, 2.24) is 4.98 Å². The lowest BCUT2D eigenvalue weighted by molar-refractivity contribution is 0.629. The third-order valence-electron chi connectivity index (χ3n) is 2.03. The van der Waals surface area contributed by atoms with Crippen molar-refractivity contribution in [3.63, 3.8) is 0 Å². The van der Waals surface area contributed by atoms with Crippen molar-refractivity contribution in [2.45, 2.75) is 13.5 Å². The Kier molecular flexibility index (Phi) is 3.05. The zero-order valence-electron chi connectivity index (χ0n) is 8.83. The number of aromatic nitrogens is 1. The number of anilines is 2. The highest BCUT2D eigenvalue weighted by Gasteiger charge is 2.01. The number of thiazole rings is 1. The molecule has 0 fully saturated rings. The van der Waals surface area contributed by atoms with Crippen LogP contribution in [-0.2, 0) is 6.54 Å². The Hall–Kier alpha value is -1.62. The number of halogens is 1. The molecule has 0 saturated heterocycles. The highest BCUT2D eigenvalue weighted by Crippen LogP contribution is 2.17. The summed E-state index contributed by atoms with van der Waals surface area (Å²) >= 11 is 1.62. The second-order valence-electron chi connectivity index (χ2n) is 3.49. The molecule has 0 spiro atoms. The standard InChI is InChI=1S/C11H12FN3S/c1-7-5-15-11(16-7)6-14-10-3-8(12)2-9(13)4-10/h2-5,14H,6,13H2,1H3. The lowest BCUT2D eigenvalue weighted by Crippen LogP contribution is -2.00. The van der Waals surface area contributed by atoms with Gasteiger partial charge in [-0.25, -0.2) is 9.37 Å². The first-order chi connectivity index (χ1) is 7.63. The minimum atomic E-state index is -0.335. The number of benzene rings is 1. The third kappa shape index (κ3) is 2.70.